The second-order valence-corrected chi connectivity index (χ2v) is 9.87. The van der Waals surface area contributed by atoms with Gasteiger partial charge in [0.1, 0.15) is 0 Å². The summed E-state index contributed by atoms with van der Waals surface area (Å²) < 4.78 is 5.34. The van der Waals surface area contributed by atoms with Crippen LogP contribution >= 0.6 is 0 Å². The van der Waals surface area contributed by atoms with Gasteiger partial charge in [0.05, 0.1) is 6.61 Å². The zero-order valence-electron chi connectivity index (χ0n) is 21.2. The van der Waals surface area contributed by atoms with Crippen LogP contribution in [0.2, 0.25) is 0 Å². The smallest absolute Gasteiger partial charge is 0.305 e. The number of carbonyl (C=O) groups excluding carboxylic acids is 1. The predicted molar refractivity (Wildman–Crippen MR) is 133 cm³/mol. The van der Waals surface area contributed by atoms with Gasteiger partial charge in [-0.25, -0.2) is 0 Å². The molecule has 0 aromatic heterocycles. The molecule has 0 aromatic rings. The summed E-state index contributed by atoms with van der Waals surface area (Å²) in [5.41, 5.74) is 0. The fraction of sp³-hybridized carbons (Fsp3) is 0.964. The zero-order chi connectivity index (χ0) is 22.1. The van der Waals surface area contributed by atoms with Gasteiger partial charge in [-0.2, -0.15) is 0 Å². The highest BCUT2D eigenvalue weighted by Crippen LogP contribution is 2.14. The molecule has 0 rings (SSSR count). The third kappa shape index (κ3) is 25.5. The van der Waals surface area contributed by atoms with Crippen molar-refractivity contribution >= 4 is 5.97 Å². The molecule has 180 valence electrons. The molecule has 0 unspecified atom stereocenters. The van der Waals surface area contributed by atoms with Crippen LogP contribution in [0.5, 0.6) is 0 Å². The molecule has 0 fully saturated rings. The number of rotatable bonds is 24. The molecule has 0 radical (unpaired) electrons. The van der Waals surface area contributed by atoms with Crippen molar-refractivity contribution in [3.8, 4) is 0 Å². The van der Waals surface area contributed by atoms with Gasteiger partial charge in [0, 0.05) is 6.42 Å². The summed E-state index contributed by atoms with van der Waals surface area (Å²) >= 11 is 0. The van der Waals surface area contributed by atoms with Crippen LogP contribution in [0.3, 0.4) is 0 Å². The topological polar surface area (TPSA) is 26.3 Å². The first-order valence-corrected chi connectivity index (χ1v) is 13.8. The Morgan fingerprint density at radius 2 is 0.967 bits per heavy atom. The van der Waals surface area contributed by atoms with Crippen molar-refractivity contribution in [3.05, 3.63) is 0 Å². The van der Waals surface area contributed by atoms with Crippen LogP contribution in [0.1, 0.15) is 162 Å². The lowest BCUT2D eigenvalue weighted by Gasteiger charge is -2.06. The van der Waals surface area contributed by atoms with Crippen molar-refractivity contribution in [1.29, 1.82) is 0 Å². The first kappa shape index (κ1) is 29.5. The minimum Gasteiger partial charge on any atom is -0.466 e. The van der Waals surface area contributed by atoms with Gasteiger partial charge in [-0.15, -0.1) is 0 Å². The van der Waals surface area contributed by atoms with Gasteiger partial charge in [0.2, 0.25) is 0 Å². The molecule has 0 spiro atoms. The zero-order valence-corrected chi connectivity index (χ0v) is 21.2. The van der Waals surface area contributed by atoms with Gasteiger partial charge in [0.25, 0.3) is 0 Å². The average molecular weight is 425 g/mol. The van der Waals surface area contributed by atoms with E-state index in [9.17, 15) is 4.79 Å². The third-order valence-corrected chi connectivity index (χ3v) is 6.17. The Kier molecular flexibility index (Phi) is 24.3. The Morgan fingerprint density at radius 3 is 1.40 bits per heavy atom. The molecule has 0 aromatic carbocycles. The summed E-state index contributed by atoms with van der Waals surface area (Å²) in [6, 6.07) is 0. The van der Waals surface area contributed by atoms with Gasteiger partial charge in [0.15, 0.2) is 0 Å². The van der Waals surface area contributed by atoms with Gasteiger partial charge < -0.3 is 4.74 Å². The summed E-state index contributed by atoms with van der Waals surface area (Å²) in [6.45, 7) is 7.43. The van der Waals surface area contributed by atoms with E-state index in [1.165, 1.54) is 122 Å². The van der Waals surface area contributed by atoms with Crippen molar-refractivity contribution < 1.29 is 9.53 Å². The van der Waals surface area contributed by atoms with E-state index in [-0.39, 0.29) is 5.97 Å². The average Bonchev–Trinajstić information content (AvgIpc) is 2.72. The van der Waals surface area contributed by atoms with E-state index in [1.54, 1.807) is 0 Å². The maximum Gasteiger partial charge on any atom is 0.305 e. The van der Waals surface area contributed by atoms with E-state index in [2.05, 4.69) is 20.8 Å². The quantitative estimate of drug-likeness (QED) is 0.114. The fourth-order valence-electron chi connectivity index (χ4n) is 4.08. The second kappa shape index (κ2) is 24.7. The molecule has 0 heterocycles. The molecule has 0 saturated heterocycles. The number of hydrogen-bond donors (Lipinski definition) is 0. The first-order chi connectivity index (χ1) is 14.7. The van der Waals surface area contributed by atoms with E-state index < -0.39 is 0 Å². The Morgan fingerprint density at radius 1 is 0.567 bits per heavy atom. The molecule has 30 heavy (non-hydrogen) atoms. The van der Waals surface area contributed by atoms with Crippen LogP contribution in [0.4, 0.5) is 0 Å². The van der Waals surface area contributed by atoms with E-state index >= 15 is 0 Å². The highest BCUT2D eigenvalue weighted by Gasteiger charge is 2.03. The maximum atomic E-state index is 11.7. The molecular formula is C28H56O2. The van der Waals surface area contributed by atoms with Crippen LogP contribution in [0, 0.1) is 5.92 Å². The number of hydrogen-bond acceptors (Lipinski definition) is 2. The molecule has 0 bridgehead atoms. The summed E-state index contributed by atoms with van der Waals surface area (Å²) in [7, 11) is 0. The summed E-state index contributed by atoms with van der Waals surface area (Å²) in [5.74, 6) is 0.798. The van der Waals surface area contributed by atoms with Crippen LogP contribution in [0.15, 0.2) is 0 Å². The number of ether oxygens (including phenoxy) is 1. The molecule has 0 aliphatic rings. The van der Waals surface area contributed by atoms with Crippen LogP contribution in [0.25, 0.3) is 0 Å². The van der Waals surface area contributed by atoms with Crippen molar-refractivity contribution in [2.24, 2.45) is 5.92 Å². The van der Waals surface area contributed by atoms with Crippen molar-refractivity contribution in [2.45, 2.75) is 162 Å². The van der Waals surface area contributed by atoms with Crippen LogP contribution in [-0.4, -0.2) is 12.6 Å². The molecule has 0 atom stereocenters. The van der Waals surface area contributed by atoms with Gasteiger partial charge in [-0.05, 0) is 18.8 Å². The van der Waals surface area contributed by atoms with Crippen molar-refractivity contribution in [3.63, 3.8) is 0 Å². The van der Waals surface area contributed by atoms with E-state index in [4.69, 9.17) is 4.74 Å². The minimum absolute atomic E-state index is 0.0137. The van der Waals surface area contributed by atoms with Crippen LogP contribution < -0.4 is 0 Å². The lowest BCUT2D eigenvalue weighted by Crippen LogP contribution is -2.05. The van der Waals surface area contributed by atoms with Gasteiger partial charge in [-0.3, -0.25) is 4.79 Å². The Labute approximate surface area is 190 Å². The molecule has 0 amide bonds. The van der Waals surface area contributed by atoms with E-state index in [1.807, 2.05) is 0 Å². The summed E-state index contributed by atoms with van der Waals surface area (Å²) in [4.78, 5) is 11.7. The van der Waals surface area contributed by atoms with Gasteiger partial charge >= 0.3 is 5.97 Å². The molecular weight excluding hydrogens is 368 g/mol. The van der Waals surface area contributed by atoms with E-state index in [0.29, 0.717) is 13.0 Å². The van der Waals surface area contributed by atoms with E-state index in [0.717, 1.165) is 18.8 Å². The molecule has 2 heteroatoms. The van der Waals surface area contributed by atoms with Crippen molar-refractivity contribution in [1.82, 2.24) is 0 Å². The lowest BCUT2D eigenvalue weighted by atomic mass is 10.0. The minimum atomic E-state index is 0.0137. The maximum absolute atomic E-state index is 11.7. The Hall–Kier alpha value is -0.530. The largest absolute Gasteiger partial charge is 0.466 e. The fourth-order valence-corrected chi connectivity index (χ4v) is 4.08. The monoisotopic (exact) mass is 424 g/mol. The third-order valence-electron chi connectivity index (χ3n) is 6.17. The Balaban J connectivity index is 3.12. The van der Waals surface area contributed by atoms with Crippen LogP contribution in [-0.2, 0) is 9.53 Å². The Bertz CT molecular complexity index is 338. The molecule has 0 saturated carbocycles. The number of carbonyl (C=O) groups is 1. The molecule has 0 aliphatic heterocycles. The summed E-state index contributed by atoms with van der Waals surface area (Å²) in [6.07, 6.45) is 28.7. The van der Waals surface area contributed by atoms with Gasteiger partial charge in [-0.1, -0.05) is 143 Å². The number of unbranched alkanes of at least 4 members (excludes halogenated alkanes) is 18. The first-order valence-electron chi connectivity index (χ1n) is 13.8. The van der Waals surface area contributed by atoms with Crippen molar-refractivity contribution in [2.75, 3.05) is 6.61 Å². The predicted octanol–water partition coefficient (Wildman–Crippen LogP) is 9.79. The number of esters is 1. The molecule has 2 nitrogen and oxygen atoms in total. The summed E-state index contributed by atoms with van der Waals surface area (Å²) in [5, 5.41) is 0. The SMILES string of the molecule is CCCCCCCCCCCCCCCCCCCC(=O)OCCCCCC(C)C. The normalized spacial score (nSPS) is 11.3. The lowest BCUT2D eigenvalue weighted by molar-refractivity contribution is -0.143. The highest BCUT2D eigenvalue weighted by atomic mass is 16.5. The molecule has 0 aliphatic carbocycles. The highest BCUT2D eigenvalue weighted by molar-refractivity contribution is 5.69. The molecule has 0 N–H and O–H groups in total. The second-order valence-electron chi connectivity index (χ2n) is 9.87. The standard InChI is InChI=1S/C28H56O2/c1-4-5-6-7-8-9-10-11-12-13-14-15-16-17-18-19-22-25-28(29)30-26-23-20-21-24-27(2)3/h27H,4-26H2,1-3H3.